The van der Waals surface area contributed by atoms with Gasteiger partial charge in [-0.05, 0) is 59.8 Å². The van der Waals surface area contributed by atoms with Crippen LogP contribution in [-0.4, -0.2) is 48.1 Å². The van der Waals surface area contributed by atoms with Gasteiger partial charge >= 0.3 is 0 Å². The Labute approximate surface area is 301 Å². The van der Waals surface area contributed by atoms with Crippen LogP contribution in [0.15, 0.2) is 110 Å². The number of ether oxygens (including phenoxy) is 2. The van der Waals surface area contributed by atoms with Gasteiger partial charge in [0.15, 0.2) is 6.29 Å². The lowest BCUT2D eigenvalue weighted by Crippen LogP contribution is -2.37. The topological polar surface area (TPSA) is 126 Å². The fourth-order valence-corrected chi connectivity index (χ4v) is 6.31. The zero-order valence-corrected chi connectivity index (χ0v) is 29.4. The Morgan fingerprint density at radius 3 is 2.29 bits per heavy atom. The minimum atomic E-state index is -0.538. The lowest BCUT2D eigenvalue weighted by atomic mass is 9.97. The van der Waals surface area contributed by atoms with Crippen LogP contribution in [-0.2, 0) is 32.2 Å². The molecule has 4 aromatic carbocycles. The first-order valence-electron chi connectivity index (χ1n) is 17.7. The number of carbonyl (C=O) groups is 2. The van der Waals surface area contributed by atoms with Crippen molar-refractivity contribution in [2.45, 2.75) is 70.2 Å². The number of nitrogens with zero attached hydrogens (tertiary/aromatic N) is 1. The van der Waals surface area contributed by atoms with E-state index >= 15 is 0 Å². The Morgan fingerprint density at radius 1 is 0.882 bits per heavy atom. The highest BCUT2D eigenvalue weighted by Crippen LogP contribution is 2.39. The van der Waals surface area contributed by atoms with E-state index < -0.39 is 6.29 Å². The molecule has 0 unspecified atom stereocenters. The first kappa shape index (κ1) is 37.5. The van der Waals surface area contributed by atoms with Crippen molar-refractivity contribution in [1.82, 2.24) is 10.2 Å². The Hall–Kier alpha value is -4.80. The predicted molar refractivity (Wildman–Crippen MR) is 202 cm³/mol. The number of hydrogen-bond acceptors (Lipinski definition) is 7. The quantitative estimate of drug-likeness (QED) is 0.0521. The zero-order chi connectivity index (χ0) is 36.0. The van der Waals surface area contributed by atoms with Crippen LogP contribution in [0.5, 0.6) is 0 Å². The van der Waals surface area contributed by atoms with Crippen molar-refractivity contribution in [3.8, 4) is 11.1 Å². The van der Waals surface area contributed by atoms with Gasteiger partial charge in [-0.2, -0.15) is 0 Å². The third-order valence-corrected chi connectivity index (χ3v) is 9.10. The van der Waals surface area contributed by atoms with Crippen LogP contribution in [0.2, 0.25) is 0 Å². The van der Waals surface area contributed by atoms with Crippen molar-refractivity contribution in [3.05, 3.63) is 132 Å². The molecule has 268 valence electrons. The minimum absolute atomic E-state index is 0.00389. The summed E-state index contributed by atoms with van der Waals surface area (Å²) in [5.41, 5.74) is 13.0. The number of likely N-dealkylation sites (N-methyl/N-ethyl adjacent to an activating group) is 1. The molecule has 5 N–H and O–H groups in total. The second-order valence-electron chi connectivity index (χ2n) is 13.1. The highest BCUT2D eigenvalue weighted by atomic mass is 16.7. The van der Waals surface area contributed by atoms with Gasteiger partial charge in [-0.1, -0.05) is 97.4 Å². The van der Waals surface area contributed by atoms with Crippen LogP contribution < -0.4 is 16.4 Å². The van der Waals surface area contributed by atoms with Gasteiger partial charge in [-0.3, -0.25) is 9.59 Å². The van der Waals surface area contributed by atoms with E-state index in [9.17, 15) is 14.7 Å². The number of para-hydroxylation sites is 2. The smallest absolute Gasteiger partial charge is 0.224 e. The van der Waals surface area contributed by atoms with Gasteiger partial charge in [0.2, 0.25) is 11.8 Å². The zero-order valence-electron chi connectivity index (χ0n) is 29.4. The third kappa shape index (κ3) is 11.1. The second kappa shape index (κ2) is 19.0. The van der Waals surface area contributed by atoms with Gasteiger partial charge in [0.25, 0.3) is 0 Å². The van der Waals surface area contributed by atoms with E-state index in [4.69, 9.17) is 15.2 Å². The van der Waals surface area contributed by atoms with Crippen molar-refractivity contribution >= 4 is 23.2 Å². The van der Waals surface area contributed by atoms with Gasteiger partial charge < -0.3 is 35.8 Å². The second-order valence-corrected chi connectivity index (χ2v) is 13.1. The number of anilines is 2. The molecule has 2 amide bonds. The maximum atomic E-state index is 12.7. The molecule has 0 aromatic heterocycles. The summed E-state index contributed by atoms with van der Waals surface area (Å²) >= 11 is 0. The molecule has 9 heteroatoms. The number of aliphatic hydroxyl groups excluding tert-OH is 1. The molecule has 0 radical (unpaired) electrons. The Bertz CT molecular complexity index is 1730. The van der Waals surface area contributed by atoms with E-state index in [1.807, 2.05) is 72.8 Å². The minimum Gasteiger partial charge on any atom is -0.397 e. The molecule has 51 heavy (non-hydrogen) atoms. The van der Waals surface area contributed by atoms with Crippen molar-refractivity contribution in [1.29, 1.82) is 0 Å². The van der Waals surface area contributed by atoms with Crippen molar-refractivity contribution in [2.75, 3.05) is 31.2 Å². The lowest BCUT2D eigenvalue weighted by molar-refractivity contribution is -0.252. The highest BCUT2D eigenvalue weighted by molar-refractivity contribution is 5.93. The van der Waals surface area contributed by atoms with E-state index in [1.165, 1.54) is 0 Å². The molecule has 1 heterocycles. The van der Waals surface area contributed by atoms with Gasteiger partial charge in [0.05, 0.1) is 30.2 Å². The molecular formula is C42H50N4O5. The first-order chi connectivity index (χ1) is 24.8. The average Bonchev–Trinajstić information content (AvgIpc) is 3.15. The monoisotopic (exact) mass is 690 g/mol. The molecule has 4 aromatic rings. The number of carbonyl (C=O) groups excluding carboxylic acids is 2. The van der Waals surface area contributed by atoms with Crippen molar-refractivity contribution < 1.29 is 24.2 Å². The van der Waals surface area contributed by atoms with E-state index in [0.717, 1.165) is 59.3 Å². The Morgan fingerprint density at radius 2 is 1.57 bits per heavy atom. The van der Waals surface area contributed by atoms with Gasteiger partial charge in [0.1, 0.15) is 0 Å². The van der Waals surface area contributed by atoms with Crippen LogP contribution in [0.25, 0.3) is 11.1 Å². The van der Waals surface area contributed by atoms with Gasteiger partial charge in [0, 0.05) is 44.5 Å². The summed E-state index contributed by atoms with van der Waals surface area (Å²) in [6, 6.07) is 31.4. The SMILES string of the molecule is C=CCN(C)C[C@@H]1C[C@H](c2ccc(CO)cc2)O[C@H](c2ccc(-c3ccccc3CNC(=O)CCCCCC(=O)Nc3ccccc3N)cc2)O1. The molecule has 0 bridgehead atoms. The van der Waals surface area contributed by atoms with E-state index in [-0.39, 0.29) is 30.6 Å². The van der Waals surface area contributed by atoms with Crippen LogP contribution in [0.1, 0.15) is 73.2 Å². The Balaban J connectivity index is 1.14. The van der Waals surface area contributed by atoms with Crippen LogP contribution in [0, 0.1) is 0 Å². The molecule has 1 aliphatic rings. The Kier molecular flexibility index (Phi) is 13.9. The number of amides is 2. The molecule has 1 aliphatic heterocycles. The number of aliphatic hydroxyl groups is 1. The summed E-state index contributed by atoms with van der Waals surface area (Å²) in [4.78, 5) is 27.1. The molecule has 1 saturated heterocycles. The molecular weight excluding hydrogens is 640 g/mol. The maximum absolute atomic E-state index is 12.7. The summed E-state index contributed by atoms with van der Waals surface area (Å²) in [5, 5.41) is 15.4. The number of nitrogens with one attached hydrogen (secondary N) is 2. The summed E-state index contributed by atoms with van der Waals surface area (Å²) < 4.78 is 13.0. The maximum Gasteiger partial charge on any atom is 0.224 e. The van der Waals surface area contributed by atoms with Gasteiger partial charge in [-0.25, -0.2) is 0 Å². The van der Waals surface area contributed by atoms with Gasteiger partial charge in [-0.15, -0.1) is 6.58 Å². The highest BCUT2D eigenvalue weighted by Gasteiger charge is 2.32. The number of nitrogens with two attached hydrogens (primary N) is 1. The van der Waals surface area contributed by atoms with Crippen LogP contribution in [0.4, 0.5) is 11.4 Å². The molecule has 5 rings (SSSR count). The first-order valence-corrected chi connectivity index (χ1v) is 17.7. The van der Waals surface area contributed by atoms with Crippen molar-refractivity contribution in [3.63, 3.8) is 0 Å². The molecule has 0 aliphatic carbocycles. The number of benzene rings is 4. The van der Waals surface area contributed by atoms with Crippen LogP contribution in [0.3, 0.4) is 0 Å². The lowest BCUT2D eigenvalue weighted by Gasteiger charge is -2.37. The van der Waals surface area contributed by atoms with E-state index in [1.54, 1.807) is 12.1 Å². The largest absolute Gasteiger partial charge is 0.397 e. The number of nitrogen functional groups attached to an aromatic ring is 1. The summed E-state index contributed by atoms with van der Waals surface area (Å²) in [6.45, 7) is 5.80. The number of rotatable bonds is 17. The van der Waals surface area contributed by atoms with E-state index in [0.29, 0.717) is 43.6 Å². The normalized spacial score (nSPS) is 17.2. The number of hydrogen-bond donors (Lipinski definition) is 4. The fraction of sp³-hybridized carbons (Fsp3) is 0.333. The molecule has 0 saturated carbocycles. The summed E-state index contributed by atoms with van der Waals surface area (Å²) in [6.07, 6.45) is 4.86. The summed E-state index contributed by atoms with van der Waals surface area (Å²) in [5.74, 6) is -0.0893. The standard InChI is InChI=1S/C42H50N4O5/c1-3-25-46(2)28-35-26-39(32-19-17-30(29-47)18-20-32)51-42(50-35)33-23-21-31(22-24-33)36-12-8-7-11-34(36)27-44-40(48)15-5-4-6-16-41(49)45-38-14-10-9-13-37(38)43/h3,7-14,17-24,35,39,42,47H,1,4-6,15-16,25-29,43H2,2H3,(H,44,48)(H,45,49)/t35-,39+,42+/m0/s1. The molecule has 3 atom stereocenters. The predicted octanol–water partition coefficient (Wildman–Crippen LogP) is 7.30. The van der Waals surface area contributed by atoms with E-state index in [2.05, 4.69) is 47.4 Å². The fourth-order valence-electron chi connectivity index (χ4n) is 6.31. The molecule has 9 nitrogen and oxygen atoms in total. The molecule has 0 spiro atoms. The summed E-state index contributed by atoms with van der Waals surface area (Å²) in [7, 11) is 2.06. The van der Waals surface area contributed by atoms with Crippen molar-refractivity contribution in [2.24, 2.45) is 0 Å². The van der Waals surface area contributed by atoms with Crippen LogP contribution >= 0.6 is 0 Å². The third-order valence-electron chi connectivity index (χ3n) is 9.10. The number of unbranched alkanes of at least 4 members (excludes halogenated alkanes) is 2. The molecule has 1 fully saturated rings. The average molecular weight is 691 g/mol.